The van der Waals surface area contributed by atoms with Gasteiger partial charge in [-0.05, 0) is 37.0 Å². The van der Waals surface area contributed by atoms with Crippen LogP contribution in [0.3, 0.4) is 0 Å². The van der Waals surface area contributed by atoms with Gasteiger partial charge in [0.2, 0.25) is 0 Å². The molecule has 4 nitrogen and oxygen atoms in total. The number of piperidine rings is 1. The second-order valence-corrected chi connectivity index (χ2v) is 5.08. The van der Waals surface area contributed by atoms with E-state index in [0.717, 1.165) is 18.4 Å². The number of hydrogen-bond acceptors (Lipinski definition) is 3. The largest absolute Gasteiger partial charge is 0.462 e. The zero-order valence-electron chi connectivity index (χ0n) is 11.1. The van der Waals surface area contributed by atoms with Gasteiger partial charge in [-0.25, -0.2) is 9.18 Å². The third kappa shape index (κ3) is 2.93. The number of carbonyl (C=O) groups is 2. The first kappa shape index (κ1) is 14.8. The van der Waals surface area contributed by atoms with Gasteiger partial charge in [0.25, 0.3) is 0 Å². The molecule has 0 aliphatic carbocycles. The number of esters is 1. The lowest BCUT2D eigenvalue weighted by molar-refractivity contribution is -0.160. The second-order valence-electron chi connectivity index (χ2n) is 4.68. The summed E-state index contributed by atoms with van der Waals surface area (Å²) in [6.07, 6.45) is 2.48. The Morgan fingerprint density at radius 2 is 2.15 bits per heavy atom. The molecule has 1 atom stereocenters. The summed E-state index contributed by atoms with van der Waals surface area (Å²) in [5.74, 6) is -2.06. The number of hydrogen-bond donors (Lipinski definition) is 0. The molecule has 0 spiro atoms. The number of methoxy groups -OCH3 is 1. The van der Waals surface area contributed by atoms with Gasteiger partial charge in [-0.1, -0.05) is 17.7 Å². The van der Waals surface area contributed by atoms with Crippen molar-refractivity contribution in [2.75, 3.05) is 13.7 Å². The van der Waals surface area contributed by atoms with Crippen molar-refractivity contribution in [1.82, 2.24) is 4.90 Å². The second kappa shape index (κ2) is 6.22. The van der Waals surface area contributed by atoms with Gasteiger partial charge in [0, 0.05) is 6.54 Å². The van der Waals surface area contributed by atoms with E-state index in [9.17, 15) is 14.0 Å². The number of benzene rings is 1. The molecule has 0 radical (unpaired) electrons. The number of halogens is 2. The van der Waals surface area contributed by atoms with Crippen molar-refractivity contribution in [3.05, 3.63) is 34.6 Å². The summed E-state index contributed by atoms with van der Waals surface area (Å²) in [4.78, 5) is 24.9. The Balaban J connectivity index is 2.28. The summed E-state index contributed by atoms with van der Waals surface area (Å²) in [6, 6.07) is 4.10. The van der Waals surface area contributed by atoms with Crippen molar-refractivity contribution >= 4 is 23.5 Å². The smallest absolute Gasteiger partial charge is 0.396 e. The fourth-order valence-electron chi connectivity index (χ4n) is 2.45. The number of nitrogens with zero attached hydrogens (tertiary/aromatic N) is 1. The van der Waals surface area contributed by atoms with E-state index in [1.54, 1.807) is 6.07 Å². The molecular weight excluding hydrogens is 285 g/mol. The van der Waals surface area contributed by atoms with Gasteiger partial charge in [0.1, 0.15) is 5.82 Å². The topological polar surface area (TPSA) is 46.6 Å². The van der Waals surface area contributed by atoms with Crippen molar-refractivity contribution in [3.63, 3.8) is 0 Å². The number of carbonyl (C=O) groups excluding carboxylic acids is 2. The number of amides is 1. The molecule has 1 aliphatic heterocycles. The van der Waals surface area contributed by atoms with E-state index in [1.165, 1.54) is 24.1 Å². The predicted molar refractivity (Wildman–Crippen MR) is 71.7 cm³/mol. The van der Waals surface area contributed by atoms with Gasteiger partial charge in [-0.2, -0.15) is 0 Å². The maximum atomic E-state index is 13.2. The zero-order valence-corrected chi connectivity index (χ0v) is 11.8. The summed E-state index contributed by atoms with van der Waals surface area (Å²) < 4.78 is 17.7. The minimum atomic E-state index is -0.884. The average Bonchev–Trinajstić information content (AvgIpc) is 2.48. The Bertz CT molecular complexity index is 535. The molecule has 2 rings (SSSR count). The standard InChI is InChI=1S/C14H15ClFNO3/c1-20-14(19)13(18)17-7-3-2-4-12(17)9-5-6-11(16)10(15)8-9/h5-6,8,12H,2-4,7H2,1H3/t12-/m1/s1. The SMILES string of the molecule is COC(=O)C(=O)N1CCCC[C@@H]1c1ccc(F)c(Cl)c1. The van der Waals surface area contributed by atoms with E-state index in [4.69, 9.17) is 11.6 Å². The third-order valence-corrected chi connectivity index (χ3v) is 3.74. The molecule has 1 amide bonds. The van der Waals surface area contributed by atoms with Gasteiger partial charge in [-0.15, -0.1) is 0 Å². The lowest BCUT2D eigenvalue weighted by Crippen LogP contribution is -2.42. The first-order valence-electron chi connectivity index (χ1n) is 6.38. The van der Waals surface area contributed by atoms with E-state index in [2.05, 4.69) is 4.74 Å². The van der Waals surface area contributed by atoms with E-state index in [0.29, 0.717) is 13.0 Å². The highest BCUT2D eigenvalue weighted by Crippen LogP contribution is 2.32. The average molecular weight is 300 g/mol. The maximum absolute atomic E-state index is 13.2. The molecule has 1 heterocycles. The van der Waals surface area contributed by atoms with Gasteiger partial charge >= 0.3 is 11.9 Å². The summed E-state index contributed by atoms with van der Waals surface area (Å²) in [7, 11) is 1.17. The minimum absolute atomic E-state index is 0.0125. The van der Waals surface area contributed by atoms with Crippen LogP contribution >= 0.6 is 11.6 Å². The zero-order chi connectivity index (χ0) is 14.7. The molecule has 0 unspecified atom stereocenters. The van der Waals surface area contributed by atoms with Crippen molar-refractivity contribution in [1.29, 1.82) is 0 Å². The van der Waals surface area contributed by atoms with Crippen molar-refractivity contribution in [3.8, 4) is 0 Å². The summed E-state index contributed by atoms with van der Waals surface area (Å²) in [6.45, 7) is 0.480. The fraction of sp³-hybridized carbons (Fsp3) is 0.429. The molecule has 0 bridgehead atoms. The number of rotatable bonds is 1. The Kier molecular flexibility index (Phi) is 4.60. The first-order chi connectivity index (χ1) is 9.54. The monoisotopic (exact) mass is 299 g/mol. The molecule has 1 aromatic rings. The first-order valence-corrected chi connectivity index (χ1v) is 6.76. The Hall–Kier alpha value is -1.62. The molecule has 1 aliphatic rings. The van der Waals surface area contributed by atoms with Crippen LogP contribution in [0.25, 0.3) is 0 Å². The van der Waals surface area contributed by atoms with Crippen LogP contribution < -0.4 is 0 Å². The van der Waals surface area contributed by atoms with Crippen molar-refractivity contribution in [2.45, 2.75) is 25.3 Å². The minimum Gasteiger partial charge on any atom is -0.462 e. The number of ether oxygens (including phenoxy) is 1. The fourth-order valence-corrected chi connectivity index (χ4v) is 2.63. The molecule has 0 saturated carbocycles. The van der Waals surface area contributed by atoms with Crippen LogP contribution in [0, 0.1) is 5.82 Å². The molecule has 1 aromatic carbocycles. The lowest BCUT2D eigenvalue weighted by atomic mass is 9.95. The maximum Gasteiger partial charge on any atom is 0.396 e. The van der Waals surface area contributed by atoms with E-state index in [1.807, 2.05) is 0 Å². The predicted octanol–water partition coefficient (Wildman–Crippen LogP) is 2.71. The van der Waals surface area contributed by atoms with Gasteiger partial charge in [0.05, 0.1) is 18.2 Å². The van der Waals surface area contributed by atoms with E-state index < -0.39 is 17.7 Å². The molecular formula is C14H15ClFNO3. The Labute approximate surface area is 121 Å². The molecule has 108 valence electrons. The molecule has 6 heteroatoms. The molecule has 1 saturated heterocycles. The molecule has 20 heavy (non-hydrogen) atoms. The molecule has 1 fully saturated rings. The van der Waals surface area contributed by atoms with Crippen LogP contribution in [0.15, 0.2) is 18.2 Å². The normalized spacial score (nSPS) is 18.8. The van der Waals surface area contributed by atoms with Crippen LogP contribution in [-0.2, 0) is 14.3 Å². The summed E-state index contributed by atoms with van der Waals surface area (Å²) in [5, 5.41) is 0.0125. The van der Waals surface area contributed by atoms with Crippen LogP contribution in [0.4, 0.5) is 4.39 Å². The summed E-state index contributed by atoms with van der Waals surface area (Å²) in [5.41, 5.74) is 0.730. The van der Waals surface area contributed by atoms with Crippen LogP contribution in [0.5, 0.6) is 0 Å². The van der Waals surface area contributed by atoms with Crippen molar-refractivity contribution < 1.29 is 18.7 Å². The molecule has 0 aromatic heterocycles. The van der Waals surface area contributed by atoms with Gasteiger partial charge < -0.3 is 9.64 Å². The van der Waals surface area contributed by atoms with Crippen LogP contribution in [-0.4, -0.2) is 30.4 Å². The molecule has 0 N–H and O–H groups in total. The van der Waals surface area contributed by atoms with Crippen LogP contribution in [0.1, 0.15) is 30.9 Å². The lowest BCUT2D eigenvalue weighted by Gasteiger charge is -2.35. The van der Waals surface area contributed by atoms with Gasteiger partial charge in [0.15, 0.2) is 0 Å². The third-order valence-electron chi connectivity index (χ3n) is 3.45. The highest BCUT2D eigenvalue weighted by atomic mass is 35.5. The van der Waals surface area contributed by atoms with Gasteiger partial charge in [-0.3, -0.25) is 4.79 Å². The highest BCUT2D eigenvalue weighted by Gasteiger charge is 2.32. The van der Waals surface area contributed by atoms with E-state index >= 15 is 0 Å². The van der Waals surface area contributed by atoms with Crippen LogP contribution in [0.2, 0.25) is 5.02 Å². The van der Waals surface area contributed by atoms with Crippen molar-refractivity contribution in [2.24, 2.45) is 0 Å². The number of likely N-dealkylation sites (tertiary alicyclic amines) is 1. The Morgan fingerprint density at radius 1 is 1.40 bits per heavy atom. The highest BCUT2D eigenvalue weighted by molar-refractivity contribution is 6.32. The van der Waals surface area contributed by atoms with E-state index in [-0.39, 0.29) is 11.1 Å². The summed E-state index contributed by atoms with van der Waals surface area (Å²) >= 11 is 5.78. The quantitative estimate of drug-likeness (QED) is 0.592. The Morgan fingerprint density at radius 3 is 2.80 bits per heavy atom.